The molecule has 0 aromatic heterocycles. The molecule has 1 unspecified atom stereocenters. The molecule has 0 saturated heterocycles. The number of unbranched alkanes of at least 4 members (excludes halogenated alkanes) is 7. The third-order valence-corrected chi connectivity index (χ3v) is 4.85. The minimum Gasteiger partial charge on any atom is -0.317 e. The zero-order chi connectivity index (χ0) is 13.0. The van der Waals surface area contributed by atoms with Crippen molar-refractivity contribution >= 4 is 15.9 Å². The summed E-state index contributed by atoms with van der Waals surface area (Å²) in [5.74, 6) is 0. The Morgan fingerprint density at radius 2 is 1.12 bits per heavy atom. The summed E-state index contributed by atoms with van der Waals surface area (Å²) in [6, 6.07) is 0. The Hall–Kier alpha value is 0.440. The Morgan fingerprint density at radius 1 is 0.706 bits per heavy atom. The quantitative estimate of drug-likeness (QED) is 0.198. The number of rotatable bonds is 12. The number of quaternary nitrogens is 1. The summed E-state index contributed by atoms with van der Waals surface area (Å²) >= 11 is 3.69. The van der Waals surface area contributed by atoms with E-state index in [9.17, 15) is 0 Å². The van der Waals surface area contributed by atoms with Crippen molar-refractivity contribution in [2.75, 3.05) is 25.6 Å². The molecule has 2 heteroatoms. The Labute approximate surface area is 118 Å². The highest BCUT2D eigenvalue weighted by Crippen LogP contribution is 2.13. The molecule has 0 N–H and O–H groups in total. The van der Waals surface area contributed by atoms with Gasteiger partial charge in [-0.2, -0.15) is 0 Å². The number of hydrogen-bond donors (Lipinski definition) is 0. The van der Waals surface area contributed by atoms with E-state index in [1.807, 2.05) is 0 Å². The van der Waals surface area contributed by atoms with E-state index in [4.69, 9.17) is 0 Å². The zero-order valence-corrected chi connectivity index (χ0v) is 13.9. The van der Waals surface area contributed by atoms with E-state index in [1.165, 1.54) is 75.4 Å². The minimum absolute atomic E-state index is 1.12. The van der Waals surface area contributed by atoms with Crippen molar-refractivity contribution in [2.24, 2.45) is 0 Å². The van der Waals surface area contributed by atoms with Gasteiger partial charge in [0.1, 0.15) is 5.45 Å². The highest BCUT2D eigenvalue weighted by atomic mass is 79.9. The van der Waals surface area contributed by atoms with Gasteiger partial charge in [0, 0.05) is 0 Å². The first-order valence-corrected chi connectivity index (χ1v) is 8.70. The van der Waals surface area contributed by atoms with Gasteiger partial charge < -0.3 is 4.48 Å². The lowest BCUT2D eigenvalue weighted by atomic mass is 10.1. The molecule has 1 nitrogen and oxygen atoms in total. The van der Waals surface area contributed by atoms with E-state index in [2.05, 4.69) is 36.8 Å². The fourth-order valence-corrected chi connectivity index (χ4v) is 2.75. The van der Waals surface area contributed by atoms with Crippen molar-refractivity contribution in [1.82, 2.24) is 0 Å². The molecule has 0 rings (SSSR count). The minimum atomic E-state index is 1.12. The lowest BCUT2D eigenvalue weighted by Crippen LogP contribution is -2.44. The summed E-state index contributed by atoms with van der Waals surface area (Å²) in [4.78, 5) is 0. The van der Waals surface area contributed by atoms with Crippen molar-refractivity contribution < 1.29 is 4.48 Å². The molecule has 0 fully saturated rings. The Balaban J connectivity index is 3.57. The van der Waals surface area contributed by atoms with E-state index in [0.29, 0.717) is 0 Å². The monoisotopic (exact) mass is 306 g/mol. The number of nitrogens with zero attached hydrogens (tertiary/aromatic N) is 1. The maximum absolute atomic E-state index is 3.69. The smallest absolute Gasteiger partial charge is 0.134 e. The van der Waals surface area contributed by atoms with Gasteiger partial charge in [0.05, 0.1) is 20.1 Å². The average molecular weight is 307 g/mol. The Bertz CT molecular complexity index is 161. The number of halogens is 1. The fraction of sp³-hybridized carbons (Fsp3) is 1.00. The Kier molecular flexibility index (Phi) is 11.8. The summed E-state index contributed by atoms with van der Waals surface area (Å²) < 4.78 is 1.22. The van der Waals surface area contributed by atoms with Crippen LogP contribution in [0.25, 0.3) is 0 Å². The topological polar surface area (TPSA) is 0 Å². The molecule has 0 amide bonds. The first-order chi connectivity index (χ1) is 8.18. The van der Waals surface area contributed by atoms with Crippen LogP contribution in [0.1, 0.15) is 71.6 Å². The van der Waals surface area contributed by atoms with Crippen molar-refractivity contribution in [2.45, 2.75) is 71.6 Å². The molecule has 0 radical (unpaired) electrons. The van der Waals surface area contributed by atoms with E-state index < -0.39 is 0 Å². The predicted octanol–water partition coefficient (Wildman–Crippen LogP) is 5.34. The summed E-state index contributed by atoms with van der Waals surface area (Å²) in [6.07, 6.45) is 12.6. The highest BCUT2D eigenvalue weighted by Gasteiger charge is 2.18. The fourth-order valence-electron chi connectivity index (χ4n) is 2.25. The third-order valence-electron chi connectivity index (χ3n) is 3.64. The van der Waals surface area contributed by atoms with Crippen LogP contribution in [0.3, 0.4) is 0 Å². The van der Waals surface area contributed by atoms with Gasteiger partial charge in [-0.05, 0) is 41.6 Å². The maximum atomic E-state index is 3.69. The van der Waals surface area contributed by atoms with Gasteiger partial charge in [-0.15, -0.1) is 0 Å². The van der Waals surface area contributed by atoms with Crippen LogP contribution >= 0.6 is 15.9 Å². The van der Waals surface area contributed by atoms with Crippen LogP contribution in [0.4, 0.5) is 0 Å². The van der Waals surface area contributed by atoms with Gasteiger partial charge in [-0.3, -0.25) is 0 Å². The predicted molar refractivity (Wildman–Crippen MR) is 82.6 cm³/mol. The zero-order valence-electron chi connectivity index (χ0n) is 12.3. The average Bonchev–Trinajstić information content (AvgIpc) is 2.34. The molecule has 17 heavy (non-hydrogen) atoms. The molecule has 0 saturated carbocycles. The van der Waals surface area contributed by atoms with Crippen LogP contribution in [-0.4, -0.2) is 30.1 Å². The molecule has 0 aliphatic heterocycles. The van der Waals surface area contributed by atoms with Gasteiger partial charge in [-0.1, -0.05) is 46.0 Å². The molecular formula is C15H33BrN+. The second kappa shape index (κ2) is 11.5. The van der Waals surface area contributed by atoms with E-state index >= 15 is 0 Å². The molecular weight excluding hydrogens is 274 g/mol. The van der Waals surface area contributed by atoms with Crippen LogP contribution in [-0.2, 0) is 0 Å². The molecule has 0 spiro atoms. The summed E-state index contributed by atoms with van der Waals surface area (Å²) in [5, 5.41) is 0. The van der Waals surface area contributed by atoms with Gasteiger partial charge >= 0.3 is 0 Å². The lowest BCUT2D eigenvalue weighted by molar-refractivity contribution is -0.896. The van der Waals surface area contributed by atoms with Crippen LogP contribution in [0.5, 0.6) is 0 Å². The molecule has 104 valence electrons. The second-order valence-electron chi connectivity index (χ2n) is 5.66. The van der Waals surface area contributed by atoms with Gasteiger partial charge in [-0.25, -0.2) is 0 Å². The number of alkyl halides is 1. The molecule has 0 bridgehead atoms. The maximum Gasteiger partial charge on any atom is 0.134 e. The molecule has 0 aromatic carbocycles. The van der Waals surface area contributed by atoms with Crippen molar-refractivity contribution in [1.29, 1.82) is 0 Å². The molecule has 0 aliphatic rings. The number of hydrogen-bond acceptors (Lipinski definition) is 0. The van der Waals surface area contributed by atoms with Crippen LogP contribution in [0.15, 0.2) is 0 Å². The van der Waals surface area contributed by atoms with Gasteiger partial charge in [0.15, 0.2) is 0 Å². The lowest BCUT2D eigenvalue weighted by Gasteiger charge is -2.32. The summed E-state index contributed by atoms with van der Waals surface area (Å²) in [5.41, 5.74) is 1.12. The summed E-state index contributed by atoms with van der Waals surface area (Å²) in [6.45, 7) is 7.26. The van der Waals surface area contributed by atoms with Crippen LogP contribution < -0.4 is 0 Å². The first kappa shape index (κ1) is 17.4. The van der Waals surface area contributed by atoms with E-state index in [-0.39, 0.29) is 0 Å². The van der Waals surface area contributed by atoms with E-state index in [1.54, 1.807) is 0 Å². The Morgan fingerprint density at radius 3 is 1.65 bits per heavy atom. The SMILES string of the molecule is CCCCCCCC[N+](C)(CBr)CCCCC. The normalized spacial score (nSPS) is 14.8. The standard InChI is InChI=1S/C15H33BrN/c1-4-6-8-9-10-12-14-17(3,15-16)13-11-7-5-2/h4-15H2,1-3H3/q+1. The molecule has 0 heterocycles. The first-order valence-electron chi connectivity index (χ1n) is 7.58. The van der Waals surface area contributed by atoms with Crippen LogP contribution in [0.2, 0.25) is 0 Å². The van der Waals surface area contributed by atoms with Crippen molar-refractivity contribution in [3.05, 3.63) is 0 Å². The van der Waals surface area contributed by atoms with Gasteiger partial charge in [0.25, 0.3) is 0 Å². The van der Waals surface area contributed by atoms with Gasteiger partial charge in [0.2, 0.25) is 0 Å². The molecule has 1 atom stereocenters. The van der Waals surface area contributed by atoms with Crippen molar-refractivity contribution in [3.8, 4) is 0 Å². The van der Waals surface area contributed by atoms with Crippen molar-refractivity contribution in [3.63, 3.8) is 0 Å². The highest BCUT2D eigenvalue weighted by molar-refractivity contribution is 9.09. The molecule has 0 aliphatic carbocycles. The van der Waals surface area contributed by atoms with E-state index in [0.717, 1.165) is 5.45 Å². The van der Waals surface area contributed by atoms with Crippen LogP contribution in [0, 0.1) is 0 Å². The molecule has 0 aromatic rings. The third kappa shape index (κ3) is 10.1. The largest absolute Gasteiger partial charge is 0.317 e. The second-order valence-corrected chi connectivity index (χ2v) is 6.16. The summed E-state index contributed by atoms with van der Waals surface area (Å²) in [7, 11) is 2.40.